The fourth-order valence-electron chi connectivity index (χ4n) is 3.40. The van der Waals surface area contributed by atoms with Crippen molar-refractivity contribution in [3.63, 3.8) is 0 Å². The van der Waals surface area contributed by atoms with Gasteiger partial charge in [-0.05, 0) is 26.3 Å². The fraction of sp³-hybridized carbons (Fsp3) is 0.875. The number of nitrogens with one attached hydrogen (secondary N) is 1. The Balaban J connectivity index is 2.20. The molecule has 21 heavy (non-hydrogen) atoms. The highest BCUT2D eigenvalue weighted by Gasteiger charge is 2.38. The van der Waals surface area contributed by atoms with Gasteiger partial charge in [0.05, 0.1) is 5.92 Å². The van der Waals surface area contributed by atoms with Crippen LogP contribution in [0.3, 0.4) is 0 Å². The molecule has 0 bridgehead atoms. The Hall–Kier alpha value is -0.940. The van der Waals surface area contributed by atoms with Crippen LogP contribution in [0.5, 0.6) is 0 Å². The molecule has 1 heterocycles. The van der Waals surface area contributed by atoms with Crippen molar-refractivity contribution in [2.75, 3.05) is 14.2 Å². The molecule has 5 heteroatoms. The van der Waals surface area contributed by atoms with Crippen molar-refractivity contribution in [2.45, 2.75) is 76.4 Å². The quantitative estimate of drug-likeness (QED) is 0.815. The van der Waals surface area contributed by atoms with Gasteiger partial charge < -0.3 is 14.6 Å². The SMILES string of the molecule is CCC(NC)C(C)c1nc(C2(OC)CCCCCC2)no1. The first-order chi connectivity index (χ1) is 10.2. The van der Waals surface area contributed by atoms with Crippen molar-refractivity contribution in [3.8, 4) is 0 Å². The molecular formula is C16H29N3O2. The third-order valence-electron chi connectivity index (χ3n) is 4.95. The summed E-state index contributed by atoms with van der Waals surface area (Å²) in [5, 5.41) is 7.57. The van der Waals surface area contributed by atoms with Crippen LogP contribution < -0.4 is 5.32 Å². The lowest BCUT2D eigenvalue weighted by Crippen LogP contribution is -2.31. The zero-order valence-electron chi connectivity index (χ0n) is 13.8. The van der Waals surface area contributed by atoms with E-state index in [1.54, 1.807) is 7.11 Å². The molecule has 1 N–H and O–H groups in total. The van der Waals surface area contributed by atoms with Gasteiger partial charge in [0.15, 0.2) is 0 Å². The first-order valence-electron chi connectivity index (χ1n) is 8.23. The van der Waals surface area contributed by atoms with Crippen LogP contribution in [0.25, 0.3) is 0 Å². The molecule has 0 aromatic carbocycles. The van der Waals surface area contributed by atoms with Crippen molar-refractivity contribution >= 4 is 0 Å². The molecule has 1 aliphatic rings. The van der Waals surface area contributed by atoms with Crippen molar-refractivity contribution in [1.29, 1.82) is 0 Å². The largest absolute Gasteiger partial charge is 0.370 e. The Morgan fingerprint density at radius 2 is 1.95 bits per heavy atom. The minimum Gasteiger partial charge on any atom is -0.370 e. The Morgan fingerprint density at radius 1 is 1.29 bits per heavy atom. The van der Waals surface area contributed by atoms with Crippen molar-refractivity contribution in [3.05, 3.63) is 11.7 Å². The van der Waals surface area contributed by atoms with Gasteiger partial charge in [-0.2, -0.15) is 4.98 Å². The number of hydrogen-bond donors (Lipinski definition) is 1. The van der Waals surface area contributed by atoms with Gasteiger partial charge in [-0.3, -0.25) is 0 Å². The first kappa shape index (κ1) is 16.4. The summed E-state index contributed by atoms with van der Waals surface area (Å²) in [7, 11) is 3.75. The number of ether oxygens (including phenoxy) is 1. The number of likely N-dealkylation sites (N-methyl/N-ethyl adjacent to an activating group) is 1. The predicted octanol–water partition coefficient (Wildman–Crippen LogP) is 3.37. The molecule has 2 unspecified atom stereocenters. The van der Waals surface area contributed by atoms with E-state index in [0.29, 0.717) is 11.9 Å². The molecule has 0 aliphatic heterocycles. The molecule has 0 spiro atoms. The van der Waals surface area contributed by atoms with E-state index in [1.807, 2.05) is 7.05 Å². The summed E-state index contributed by atoms with van der Waals surface area (Å²) >= 11 is 0. The summed E-state index contributed by atoms with van der Waals surface area (Å²) in [6.07, 6.45) is 7.88. The van der Waals surface area contributed by atoms with Crippen LogP contribution in [0.2, 0.25) is 0 Å². The van der Waals surface area contributed by atoms with Gasteiger partial charge in [-0.1, -0.05) is 44.7 Å². The molecule has 1 saturated carbocycles. The summed E-state index contributed by atoms with van der Waals surface area (Å²) in [5.41, 5.74) is -0.348. The topological polar surface area (TPSA) is 60.2 Å². The molecular weight excluding hydrogens is 266 g/mol. The van der Waals surface area contributed by atoms with Gasteiger partial charge in [-0.15, -0.1) is 0 Å². The van der Waals surface area contributed by atoms with Crippen molar-refractivity contribution < 1.29 is 9.26 Å². The summed E-state index contributed by atoms with van der Waals surface area (Å²) in [6.45, 7) is 4.30. The second kappa shape index (κ2) is 7.36. The van der Waals surface area contributed by atoms with E-state index >= 15 is 0 Å². The summed E-state index contributed by atoms with van der Waals surface area (Å²) in [6, 6.07) is 0.353. The predicted molar refractivity (Wildman–Crippen MR) is 82.2 cm³/mol. The zero-order valence-corrected chi connectivity index (χ0v) is 13.8. The average molecular weight is 295 g/mol. The van der Waals surface area contributed by atoms with Crippen LogP contribution in [-0.4, -0.2) is 30.3 Å². The van der Waals surface area contributed by atoms with E-state index in [4.69, 9.17) is 14.2 Å². The Labute approximate surface area is 127 Å². The van der Waals surface area contributed by atoms with Crippen LogP contribution in [-0.2, 0) is 10.3 Å². The molecule has 1 aromatic rings. The van der Waals surface area contributed by atoms with Crippen LogP contribution in [0.15, 0.2) is 4.52 Å². The van der Waals surface area contributed by atoms with E-state index in [0.717, 1.165) is 25.1 Å². The highest BCUT2D eigenvalue weighted by Crippen LogP contribution is 2.38. The monoisotopic (exact) mass is 295 g/mol. The van der Waals surface area contributed by atoms with Crippen LogP contribution in [0.4, 0.5) is 0 Å². The van der Waals surface area contributed by atoms with Crippen LogP contribution >= 0.6 is 0 Å². The second-order valence-corrected chi connectivity index (χ2v) is 6.16. The van der Waals surface area contributed by atoms with Crippen LogP contribution in [0, 0.1) is 0 Å². The minimum absolute atomic E-state index is 0.209. The highest BCUT2D eigenvalue weighted by molar-refractivity contribution is 5.05. The van der Waals surface area contributed by atoms with Gasteiger partial charge in [0.2, 0.25) is 11.7 Å². The van der Waals surface area contributed by atoms with E-state index in [2.05, 4.69) is 24.3 Å². The van der Waals surface area contributed by atoms with Gasteiger partial charge in [0, 0.05) is 13.2 Å². The fourth-order valence-corrected chi connectivity index (χ4v) is 3.40. The van der Waals surface area contributed by atoms with Crippen LogP contribution in [0.1, 0.15) is 76.4 Å². The standard InChI is InChI=1S/C16H29N3O2/c1-5-13(17-3)12(2)14-18-15(19-21-14)16(20-4)10-8-6-7-9-11-16/h12-13,17H,5-11H2,1-4H3. The Morgan fingerprint density at radius 3 is 2.48 bits per heavy atom. The average Bonchev–Trinajstić information content (AvgIpc) is 2.88. The lowest BCUT2D eigenvalue weighted by Gasteiger charge is -2.27. The molecule has 120 valence electrons. The Kier molecular flexibility index (Phi) is 5.76. The van der Waals surface area contributed by atoms with Gasteiger partial charge in [0.1, 0.15) is 5.60 Å². The second-order valence-electron chi connectivity index (χ2n) is 6.16. The maximum absolute atomic E-state index is 5.85. The highest BCUT2D eigenvalue weighted by atomic mass is 16.5. The molecule has 0 amide bonds. The third-order valence-corrected chi connectivity index (χ3v) is 4.95. The number of nitrogens with zero attached hydrogens (tertiary/aromatic N) is 2. The third kappa shape index (κ3) is 3.46. The molecule has 5 nitrogen and oxygen atoms in total. The van der Waals surface area contributed by atoms with Gasteiger partial charge in [0.25, 0.3) is 0 Å². The maximum atomic E-state index is 5.85. The first-order valence-corrected chi connectivity index (χ1v) is 8.23. The molecule has 0 saturated heterocycles. The maximum Gasteiger partial charge on any atom is 0.231 e. The molecule has 0 radical (unpaired) electrons. The number of methoxy groups -OCH3 is 1. The summed E-state index contributed by atoms with van der Waals surface area (Å²) in [5.74, 6) is 1.66. The molecule has 1 fully saturated rings. The lowest BCUT2D eigenvalue weighted by atomic mass is 9.93. The van der Waals surface area contributed by atoms with E-state index in [-0.39, 0.29) is 11.5 Å². The molecule has 2 atom stereocenters. The van der Waals surface area contributed by atoms with E-state index < -0.39 is 0 Å². The number of rotatable bonds is 6. The van der Waals surface area contributed by atoms with E-state index in [9.17, 15) is 0 Å². The van der Waals surface area contributed by atoms with E-state index in [1.165, 1.54) is 25.7 Å². The molecule has 1 aliphatic carbocycles. The zero-order chi connectivity index (χ0) is 15.3. The summed E-state index contributed by atoms with van der Waals surface area (Å²) in [4.78, 5) is 4.69. The van der Waals surface area contributed by atoms with Crippen molar-refractivity contribution in [1.82, 2.24) is 15.5 Å². The van der Waals surface area contributed by atoms with Gasteiger partial charge in [-0.25, -0.2) is 0 Å². The molecule has 2 rings (SSSR count). The smallest absolute Gasteiger partial charge is 0.231 e. The lowest BCUT2D eigenvalue weighted by molar-refractivity contribution is -0.0365. The van der Waals surface area contributed by atoms with Crippen molar-refractivity contribution in [2.24, 2.45) is 0 Å². The van der Waals surface area contributed by atoms with Gasteiger partial charge >= 0.3 is 0 Å². The molecule has 1 aromatic heterocycles. The number of hydrogen-bond acceptors (Lipinski definition) is 5. The normalized spacial score (nSPS) is 21.7. The number of aromatic nitrogens is 2. The Bertz CT molecular complexity index is 421. The minimum atomic E-state index is -0.348. The summed E-state index contributed by atoms with van der Waals surface area (Å²) < 4.78 is 11.4.